The molecule has 4 aromatic rings. The summed E-state index contributed by atoms with van der Waals surface area (Å²) in [7, 11) is 1.30. The van der Waals surface area contributed by atoms with Gasteiger partial charge in [0.15, 0.2) is 5.69 Å². The van der Waals surface area contributed by atoms with Crippen LogP contribution in [0.3, 0.4) is 0 Å². The Labute approximate surface area is 177 Å². The van der Waals surface area contributed by atoms with Gasteiger partial charge in [-0.2, -0.15) is 10.4 Å². The van der Waals surface area contributed by atoms with Crippen molar-refractivity contribution in [1.82, 2.24) is 29.7 Å². The Morgan fingerprint density at radius 1 is 1.26 bits per heavy atom. The molecule has 1 fully saturated rings. The number of methoxy groups -OCH3 is 1. The number of pyridine rings is 1. The van der Waals surface area contributed by atoms with E-state index in [0.29, 0.717) is 25.3 Å². The van der Waals surface area contributed by atoms with E-state index in [1.807, 2.05) is 40.3 Å². The topological polar surface area (TPSA) is 126 Å². The number of ether oxygens (including phenoxy) is 1. The van der Waals surface area contributed by atoms with Crippen LogP contribution in [-0.2, 0) is 10.3 Å². The number of nitriles is 1. The lowest BCUT2D eigenvalue weighted by molar-refractivity contribution is 0.0593. The summed E-state index contributed by atoms with van der Waals surface area (Å²) in [6, 6.07) is 6.23. The number of hydrogen-bond acceptors (Lipinski definition) is 8. The number of H-pyrrole nitrogens is 1. The Bertz CT molecular complexity index is 1290. The van der Waals surface area contributed by atoms with Crippen LogP contribution in [0.25, 0.3) is 22.2 Å². The molecule has 1 saturated heterocycles. The van der Waals surface area contributed by atoms with Gasteiger partial charge in [-0.15, -0.1) is 0 Å². The second kappa shape index (κ2) is 7.21. The Kier molecular flexibility index (Phi) is 4.36. The summed E-state index contributed by atoms with van der Waals surface area (Å²) in [5.74, 6) is 0.106. The van der Waals surface area contributed by atoms with Crippen molar-refractivity contribution in [1.29, 1.82) is 5.26 Å². The van der Waals surface area contributed by atoms with Crippen LogP contribution in [-0.4, -0.2) is 55.9 Å². The summed E-state index contributed by atoms with van der Waals surface area (Å²) in [5, 5.41) is 15.1. The fourth-order valence-electron chi connectivity index (χ4n) is 3.94. The van der Waals surface area contributed by atoms with Gasteiger partial charge in [-0.05, 0) is 17.7 Å². The first kappa shape index (κ1) is 18.7. The largest absolute Gasteiger partial charge is 0.464 e. The van der Waals surface area contributed by atoms with E-state index in [1.54, 1.807) is 6.20 Å². The van der Waals surface area contributed by atoms with Crippen molar-refractivity contribution in [2.24, 2.45) is 0 Å². The first-order valence-corrected chi connectivity index (χ1v) is 9.63. The van der Waals surface area contributed by atoms with E-state index >= 15 is 0 Å². The number of fused-ring (bicyclic) bond motifs is 1. The van der Waals surface area contributed by atoms with Crippen molar-refractivity contribution in [2.45, 2.75) is 12.0 Å². The van der Waals surface area contributed by atoms with Gasteiger partial charge < -0.3 is 14.6 Å². The van der Waals surface area contributed by atoms with Gasteiger partial charge in [-0.25, -0.2) is 19.7 Å². The molecule has 0 saturated carbocycles. The zero-order valence-corrected chi connectivity index (χ0v) is 16.7. The quantitative estimate of drug-likeness (QED) is 0.492. The lowest BCUT2D eigenvalue weighted by atomic mass is 9.87. The molecule has 4 aromatic heterocycles. The molecular weight excluding hydrogens is 396 g/mol. The van der Waals surface area contributed by atoms with E-state index in [4.69, 9.17) is 0 Å². The molecule has 1 aliphatic rings. The molecule has 0 spiro atoms. The third kappa shape index (κ3) is 3.07. The van der Waals surface area contributed by atoms with Crippen LogP contribution in [0, 0.1) is 11.3 Å². The molecule has 10 nitrogen and oxygen atoms in total. The van der Waals surface area contributed by atoms with Crippen molar-refractivity contribution in [3.05, 3.63) is 55.0 Å². The minimum Gasteiger partial charge on any atom is -0.464 e. The molecule has 0 amide bonds. The molecule has 154 valence electrons. The Morgan fingerprint density at radius 3 is 2.87 bits per heavy atom. The Hall–Kier alpha value is -4.26. The second-order valence-electron chi connectivity index (χ2n) is 7.44. The predicted octanol–water partition coefficient (Wildman–Crippen LogP) is 2.13. The number of rotatable bonds is 5. The van der Waals surface area contributed by atoms with Gasteiger partial charge in [0.05, 0.1) is 38.2 Å². The zero-order chi connectivity index (χ0) is 21.4. The van der Waals surface area contributed by atoms with Crippen LogP contribution in [0.2, 0.25) is 0 Å². The number of aromatic nitrogens is 6. The van der Waals surface area contributed by atoms with E-state index in [1.165, 1.54) is 19.5 Å². The van der Waals surface area contributed by atoms with E-state index in [0.717, 1.165) is 22.2 Å². The molecular formula is C21H18N8O2. The van der Waals surface area contributed by atoms with Crippen LogP contribution in [0.4, 0.5) is 5.82 Å². The van der Waals surface area contributed by atoms with Gasteiger partial charge in [-0.1, -0.05) is 0 Å². The van der Waals surface area contributed by atoms with Gasteiger partial charge >= 0.3 is 5.97 Å². The highest BCUT2D eigenvalue weighted by Crippen LogP contribution is 2.36. The van der Waals surface area contributed by atoms with Crippen molar-refractivity contribution < 1.29 is 9.53 Å². The number of esters is 1. The molecule has 0 bridgehead atoms. The van der Waals surface area contributed by atoms with E-state index in [-0.39, 0.29) is 5.69 Å². The van der Waals surface area contributed by atoms with Crippen molar-refractivity contribution in [3.63, 3.8) is 0 Å². The second-order valence-corrected chi connectivity index (χ2v) is 7.44. The summed E-state index contributed by atoms with van der Waals surface area (Å²) < 4.78 is 6.52. The van der Waals surface area contributed by atoms with Gasteiger partial charge in [0.25, 0.3) is 0 Å². The predicted molar refractivity (Wildman–Crippen MR) is 111 cm³/mol. The molecule has 5 heterocycles. The minimum absolute atomic E-state index is 0.153. The molecule has 1 aliphatic heterocycles. The van der Waals surface area contributed by atoms with Gasteiger partial charge in [0, 0.05) is 42.6 Å². The van der Waals surface area contributed by atoms with Gasteiger partial charge in [0.2, 0.25) is 0 Å². The van der Waals surface area contributed by atoms with Crippen LogP contribution in [0.15, 0.2) is 49.3 Å². The first-order valence-electron chi connectivity index (χ1n) is 9.63. The maximum absolute atomic E-state index is 11.5. The van der Waals surface area contributed by atoms with E-state index in [2.05, 4.69) is 35.8 Å². The van der Waals surface area contributed by atoms with Gasteiger partial charge in [-0.3, -0.25) is 4.68 Å². The molecule has 1 N–H and O–H groups in total. The lowest BCUT2D eigenvalue weighted by Crippen LogP contribution is -2.63. The van der Waals surface area contributed by atoms with Crippen LogP contribution in [0.1, 0.15) is 16.9 Å². The summed E-state index contributed by atoms with van der Waals surface area (Å²) in [6.45, 7) is 1.12. The summed E-state index contributed by atoms with van der Waals surface area (Å²) in [4.78, 5) is 29.4. The van der Waals surface area contributed by atoms with E-state index in [9.17, 15) is 10.1 Å². The Morgan fingerprint density at radius 2 is 2.13 bits per heavy atom. The third-order valence-electron chi connectivity index (χ3n) is 5.57. The number of carbonyl (C=O) groups is 1. The SMILES string of the molecule is COC(=O)c1cnc(N2CC(CC#N)(n3cc(-c4ccnc5[nH]ccc45)cn3)C2)cn1. The molecule has 0 aromatic carbocycles. The molecule has 0 aliphatic carbocycles. The highest BCUT2D eigenvalue weighted by atomic mass is 16.5. The molecule has 5 rings (SSSR count). The maximum Gasteiger partial charge on any atom is 0.358 e. The maximum atomic E-state index is 11.5. The number of hydrogen-bond donors (Lipinski definition) is 1. The normalized spacial score (nSPS) is 14.8. The van der Waals surface area contributed by atoms with Crippen LogP contribution < -0.4 is 4.90 Å². The van der Waals surface area contributed by atoms with E-state index < -0.39 is 11.5 Å². The van der Waals surface area contributed by atoms with Crippen molar-refractivity contribution in [3.8, 4) is 17.2 Å². The summed E-state index contributed by atoms with van der Waals surface area (Å²) >= 11 is 0. The Balaban J connectivity index is 1.40. The summed E-state index contributed by atoms with van der Waals surface area (Å²) in [5.41, 5.74) is 2.51. The van der Waals surface area contributed by atoms with Crippen LogP contribution in [0.5, 0.6) is 0 Å². The average Bonchev–Trinajstić information content (AvgIpc) is 3.45. The smallest absolute Gasteiger partial charge is 0.358 e. The minimum atomic E-state index is -0.529. The van der Waals surface area contributed by atoms with Crippen molar-refractivity contribution >= 4 is 22.8 Å². The van der Waals surface area contributed by atoms with Crippen LogP contribution >= 0.6 is 0 Å². The molecule has 10 heteroatoms. The molecule has 0 unspecified atom stereocenters. The van der Waals surface area contributed by atoms with Gasteiger partial charge in [0.1, 0.15) is 17.0 Å². The lowest BCUT2D eigenvalue weighted by Gasteiger charge is -2.49. The average molecular weight is 414 g/mol. The zero-order valence-electron chi connectivity index (χ0n) is 16.7. The number of anilines is 1. The number of aromatic amines is 1. The monoisotopic (exact) mass is 414 g/mol. The molecule has 0 atom stereocenters. The van der Waals surface area contributed by atoms with Crippen molar-refractivity contribution in [2.75, 3.05) is 25.1 Å². The fourth-order valence-corrected chi connectivity index (χ4v) is 3.94. The fraction of sp³-hybridized carbons (Fsp3) is 0.238. The number of nitrogens with one attached hydrogen (secondary N) is 1. The number of nitrogens with zero attached hydrogens (tertiary/aromatic N) is 7. The molecule has 31 heavy (non-hydrogen) atoms. The number of carbonyl (C=O) groups excluding carboxylic acids is 1. The standard InChI is InChI=1S/C21H18N8O2/c1-31-20(30)17-9-26-18(10-25-17)28-12-21(13-28,4-5-22)29-11-14(8-27-29)15-2-6-23-19-16(15)3-7-24-19/h2-3,6-11H,4,12-13H2,1H3,(H,23,24). The highest BCUT2D eigenvalue weighted by Gasteiger charge is 2.46. The highest BCUT2D eigenvalue weighted by molar-refractivity contribution is 5.92. The molecule has 0 radical (unpaired) electrons. The first-order chi connectivity index (χ1) is 15.1. The summed E-state index contributed by atoms with van der Waals surface area (Å²) in [6.07, 6.45) is 10.7. The third-order valence-corrected chi connectivity index (χ3v) is 5.57.